The fraction of sp³-hybridized carbons (Fsp3) is 0.467. The van der Waals surface area contributed by atoms with E-state index in [1.165, 1.54) is 16.7 Å². The van der Waals surface area contributed by atoms with Crippen LogP contribution in [-0.4, -0.2) is 0 Å². The molecule has 1 aliphatic carbocycles. The van der Waals surface area contributed by atoms with Crippen LogP contribution in [0, 0.1) is 5.92 Å². The van der Waals surface area contributed by atoms with Gasteiger partial charge in [-0.2, -0.15) is 0 Å². The first-order valence-electron chi connectivity index (χ1n) is 5.75. The molecule has 0 spiro atoms. The van der Waals surface area contributed by atoms with Crippen LogP contribution in [0.4, 0.5) is 0 Å². The smallest absolute Gasteiger partial charge is 0.00119 e. The Bertz CT molecular complexity index is 313. The van der Waals surface area contributed by atoms with Crippen molar-refractivity contribution in [3.63, 3.8) is 0 Å². The minimum atomic E-state index is 0.624. The van der Waals surface area contributed by atoms with Crippen LogP contribution in [-0.2, 0) is 0 Å². The van der Waals surface area contributed by atoms with Gasteiger partial charge in [-0.05, 0) is 40.0 Å². The Morgan fingerprint density at radius 1 is 1.53 bits per heavy atom. The van der Waals surface area contributed by atoms with Crippen molar-refractivity contribution in [2.45, 2.75) is 40.0 Å². The highest BCUT2D eigenvalue weighted by molar-refractivity contribution is 5.26. The first-order chi connectivity index (χ1) is 7.09. The van der Waals surface area contributed by atoms with E-state index in [0.717, 1.165) is 19.3 Å². The predicted molar refractivity (Wildman–Crippen MR) is 68.8 cm³/mol. The molecule has 0 heterocycles. The fourth-order valence-electron chi connectivity index (χ4n) is 1.76. The highest BCUT2D eigenvalue weighted by Crippen LogP contribution is 2.23. The SMILES string of the molecule is C=C(C)CC/C=C(\C)C1C=CC(C)=CC1. The van der Waals surface area contributed by atoms with Crippen molar-refractivity contribution in [2.24, 2.45) is 5.92 Å². The molecule has 1 atom stereocenters. The van der Waals surface area contributed by atoms with Crippen molar-refractivity contribution >= 4 is 0 Å². The van der Waals surface area contributed by atoms with Crippen molar-refractivity contribution < 1.29 is 0 Å². The lowest BCUT2D eigenvalue weighted by molar-refractivity contribution is 0.751. The largest absolute Gasteiger partial charge is 0.100 e. The Hall–Kier alpha value is -1.04. The third-order valence-electron chi connectivity index (χ3n) is 2.91. The van der Waals surface area contributed by atoms with E-state index in [1.54, 1.807) is 0 Å². The van der Waals surface area contributed by atoms with Crippen LogP contribution in [0.5, 0.6) is 0 Å². The summed E-state index contributed by atoms with van der Waals surface area (Å²) in [7, 11) is 0. The van der Waals surface area contributed by atoms with E-state index in [4.69, 9.17) is 0 Å². The summed E-state index contributed by atoms with van der Waals surface area (Å²) in [5, 5.41) is 0. The molecule has 0 aromatic carbocycles. The van der Waals surface area contributed by atoms with E-state index < -0.39 is 0 Å². The molecule has 0 N–H and O–H groups in total. The Kier molecular flexibility index (Phi) is 4.61. The van der Waals surface area contributed by atoms with Gasteiger partial charge in [0.05, 0.1) is 0 Å². The van der Waals surface area contributed by atoms with Gasteiger partial charge in [0.1, 0.15) is 0 Å². The zero-order chi connectivity index (χ0) is 11.3. The lowest BCUT2D eigenvalue weighted by atomic mass is 9.90. The number of hydrogen-bond donors (Lipinski definition) is 0. The van der Waals surface area contributed by atoms with Gasteiger partial charge >= 0.3 is 0 Å². The molecule has 0 amide bonds. The normalized spacial score (nSPS) is 21.4. The minimum Gasteiger partial charge on any atom is -0.100 e. The molecule has 1 aliphatic rings. The number of allylic oxidation sites excluding steroid dienone is 7. The number of hydrogen-bond acceptors (Lipinski definition) is 0. The van der Waals surface area contributed by atoms with Crippen molar-refractivity contribution in [1.29, 1.82) is 0 Å². The maximum atomic E-state index is 3.92. The molecule has 1 rings (SSSR count). The lowest BCUT2D eigenvalue weighted by Crippen LogP contribution is -2.00. The molecule has 0 fully saturated rings. The van der Waals surface area contributed by atoms with Gasteiger partial charge in [0.25, 0.3) is 0 Å². The van der Waals surface area contributed by atoms with Crippen LogP contribution in [0.15, 0.2) is 47.6 Å². The van der Waals surface area contributed by atoms with Crippen molar-refractivity contribution in [3.8, 4) is 0 Å². The lowest BCUT2D eigenvalue weighted by Gasteiger charge is -2.15. The molecular weight excluding hydrogens is 180 g/mol. The second-order valence-corrected chi connectivity index (χ2v) is 4.59. The molecule has 0 nitrogen and oxygen atoms in total. The van der Waals surface area contributed by atoms with Crippen LogP contribution < -0.4 is 0 Å². The van der Waals surface area contributed by atoms with Gasteiger partial charge in [-0.15, -0.1) is 6.58 Å². The van der Waals surface area contributed by atoms with Gasteiger partial charge in [0.15, 0.2) is 0 Å². The average Bonchev–Trinajstić information content (AvgIpc) is 2.18. The Morgan fingerprint density at radius 2 is 2.27 bits per heavy atom. The second kappa shape index (κ2) is 5.75. The Labute approximate surface area is 94.1 Å². The highest BCUT2D eigenvalue weighted by Gasteiger charge is 2.08. The van der Waals surface area contributed by atoms with E-state index in [2.05, 4.69) is 51.7 Å². The van der Waals surface area contributed by atoms with E-state index >= 15 is 0 Å². The average molecular weight is 202 g/mol. The molecule has 0 saturated carbocycles. The van der Waals surface area contributed by atoms with Gasteiger partial charge in [-0.25, -0.2) is 0 Å². The molecule has 0 heteroatoms. The molecule has 0 aliphatic heterocycles. The predicted octanol–water partition coefficient (Wildman–Crippen LogP) is 4.81. The summed E-state index contributed by atoms with van der Waals surface area (Å²) in [5.41, 5.74) is 4.16. The zero-order valence-electron chi connectivity index (χ0n) is 10.2. The molecule has 0 saturated heterocycles. The summed E-state index contributed by atoms with van der Waals surface area (Å²) < 4.78 is 0. The second-order valence-electron chi connectivity index (χ2n) is 4.59. The van der Waals surface area contributed by atoms with Gasteiger partial charge < -0.3 is 0 Å². The molecule has 0 radical (unpaired) electrons. The van der Waals surface area contributed by atoms with Crippen LogP contribution in [0.2, 0.25) is 0 Å². The van der Waals surface area contributed by atoms with Crippen LogP contribution >= 0.6 is 0 Å². The molecule has 0 aromatic heterocycles. The van der Waals surface area contributed by atoms with Crippen LogP contribution in [0.1, 0.15) is 40.0 Å². The van der Waals surface area contributed by atoms with Crippen molar-refractivity contribution in [2.75, 3.05) is 0 Å². The van der Waals surface area contributed by atoms with Gasteiger partial charge in [-0.3, -0.25) is 0 Å². The van der Waals surface area contributed by atoms with E-state index in [0.29, 0.717) is 5.92 Å². The Morgan fingerprint density at radius 3 is 2.80 bits per heavy atom. The first-order valence-corrected chi connectivity index (χ1v) is 5.75. The standard InChI is InChI=1S/C15H22/c1-12(2)6-5-7-14(4)15-10-8-13(3)9-11-15/h7-10,15H,1,5-6,11H2,2-4H3/b14-7+. The van der Waals surface area contributed by atoms with Gasteiger partial charge in [0, 0.05) is 5.92 Å². The van der Waals surface area contributed by atoms with Gasteiger partial charge in [0.2, 0.25) is 0 Å². The van der Waals surface area contributed by atoms with Crippen LogP contribution in [0.3, 0.4) is 0 Å². The summed E-state index contributed by atoms with van der Waals surface area (Å²) in [6, 6.07) is 0. The quantitative estimate of drug-likeness (QED) is 0.574. The summed E-state index contributed by atoms with van der Waals surface area (Å²) in [5.74, 6) is 0.624. The summed E-state index contributed by atoms with van der Waals surface area (Å²) >= 11 is 0. The van der Waals surface area contributed by atoms with Crippen molar-refractivity contribution in [1.82, 2.24) is 0 Å². The highest BCUT2D eigenvalue weighted by atomic mass is 14.1. The third-order valence-corrected chi connectivity index (χ3v) is 2.91. The molecular formula is C15H22. The monoisotopic (exact) mass is 202 g/mol. The number of rotatable bonds is 4. The zero-order valence-corrected chi connectivity index (χ0v) is 10.2. The summed E-state index contributed by atoms with van der Waals surface area (Å²) in [6.07, 6.45) is 12.6. The molecule has 15 heavy (non-hydrogen) atoms. The van der Waals surface area contributed by atoms with Crippen LogP contribution in [0.25, 0.3) is 0 Å². The molecule has 0 aromatic rings. The summed E-state index contributed by atoms with van der Waals surface area (Å²) in [4.78, 5) is 0. The maximum absolute atomic E-state index is 3.92. The van der Waals surface area contributed by atoms with Crippen molar-refractivity contribution in [3.05, 3.63) is 47.6 Å². The van der Waals surface area contributed by atoms with E-state index in [1.807, 2.05) is 0 Å². The van der Waals surface area contributed by atoms with E-state index in [-0.39, 0.29) is 0 Å². The molecule has 1 unspecified atom stereocenters. The summed E-state index contributed by atoms with van der Waals surface area (Å²) in [6.45, 7) is 10.4. The Balaban J connectivity index is 2.44. The molecule has 0 bridgehead atoms. The topological polar surface area (TPSA) is 0 Å². The fourth-order valence-corrected chi connectivity index (χ4v) is 1.76. The molecule has 82 valence electrons. The van der Waals surface area contributed by atoms with E-state index in [9.17, 15) is 0 Å². The van der Waals surface area contributed by atoms with Gasteiger partial charge in [-0.1, -0.05) is 41.0 Å². The first kappa shape index (κ1) is 12.0. The maximum Gasteiger partial charge on any atom is 0.00119 e. The third kappa shape index (κ3) is 4.33. The minimum absolute atomic E-state index is 0.624.